The minimum atomic E-state index is -1.38. The Hall–Kier alpha value is -3.24. The summed E-state index contributed by atoms with van der Waals surface area (Å²) >= 11 is 12.0. The molecule has 32 heavy (non-hydrogen) atoms. The van der Waals surface area contributed by atoms with E-state index in [9.17, 15) is 29.4 Å². The first kappa shape index (κ1) is 25.0. The number of nitrogens with one attached hydrogen (secondary N) is 2. The van der Waals surface area contributed by atoms with Crippen molar-refractivity contribution < 1.29 is 29.7 Å². The number of hydrogen-bond donors (Lipinski definition) is 5. The van der Waals surface area contributed by atoms with E-state index in [-0.39, 0.29) is 11.6 Å². The number of pyridine rings is 1. The van der Waals surface area contributed by atoms with E-state index >= 15 is 0 Å². The quantitative estimate of drug-likeness (QED) is 0.418. The highest BCUT2D eigenvalue weighted by Crippen LogP contribution is 2.30. The predicted molar refractivity (Wildman–Crippen MR) is 117 cm³/mol. The molecule has 0 aliphatic rings. The van der Waals surface area contributed by atoms with Gasteiger partial charge in [0.1, 0.15) is 17.7 Å². The Kier molecular flexibility index (Phi) is 7.42. The van der Waals surface area contributed by atoms with Gasteiger partial charge < -0.3 is 26.0 Å². The molecule has 0 radical (unpaired) electrons. The number of carbonyl (C=O) groups is 3. The van der Waals surface area contributed by atoms with Gasteiger partial charge in [0.2, 0.25) is 5.88 Å². The van der Waals surface area contributed by atoms with Crippen LogP contribution in [0.3, 0.4) is 0 Å². The van der Waals surface area contributed by atoms with Crippen molar-refractivity contribution >= 4 is 41.0 Å². The van der Waals surface area contributed by atoms with Gasteiger partial charge in [0.15, 0.2) is 5.75 Å². The molecule has 1 aromatic carbocycles. The third-order valence-corrected chi connectivity index (χ3v) is 4.69. The van der Waals surface area contributed by atoms with E-state index in [1.807, 2.05) is 5.32 Å². The molecule has 5 N–H and O–H groups in total. The number of carboxylic acids is 1. The van der Waals surface area contributed by atoms with E-state index in [1.165, 1.54) is 18.2 Å². The summed E-state index contributed by atoms with van der Waals surface area (Å²) in [5.41, 5.74) is -3.22. The number of carbonyl (C=O) groups excluding carboxylic acids is 2. The highest BCUT2D eigenvalue weighted by molar-refractivity contribution is 6.35. The molecule has 10 nitrogen and oxygen atoms in total. The summed E-state index contributed by atoms with van der Waals surface area (Å²) in [7, 11) is 0. The molecule has 0 spiro atoms. The van der Waals surface area contributed by atoms with Crippen molar-refractivity contribution in [3.05, 3.63) is 55.3 Å². The fraction of sp³-hybridized carbons (Fsp3) is 0.300. The molecule has 0 bridgehead atoms. The Bertz CT molecular complexity index is 1150. The second-order valence-electron chi connectivity index (χ2n) is 7.83. The number of halogens is 2. The molecule has 0 unspecified atom stereocenters. The van der Waals surface area contributed by atoms with Crippen LogP contribution in [0.1, 0.15) is 47.1 Å². The number of benzene rings is 1. The van der Waals surface area contributed by atoms with E-state index in [4.69, 9.17) is 28.3 Å². The fourth-order valence-corrected chi connectivity index (χ4v) is 3.19. The van der Waals surface area contributed by atoms with Crippen LogP contribution >= 0.6 is 23.2 Å². The SMILES string of the molecule is CC(C)(C)NC(=O)c1c(O)c(C(=O)NCC(=O)O)c(O)n(Cc2ccc(Cl)cc2Cl)c1=O. The van der Waals surface area contributed by atoms with Crippen molar-refractivity contribution in [1.82, 2.24) is 15.2 Å². The van der Waals surface area contributed by atoms with E-state index in [0.717, 1.165) is 0 Å². The molecule has 172 valence electrons. The monoisotopic (exact) mass is 485 g/mol. The molecule has 0 atom stereocenters. The number of aromatic nitrogens is 1. The average molecular weight is 486 g/mol. The van der Waals surface area contributed by atoms with Crippen LogP contribution in [0.15, 0.2) is 23.0 Å². The van der Waals surface area contributed by atoms with Crippen LogP contribution in [-0.2, 0) is 11.3 Å². The molecule has 0 saturated heterocycles. The van der Waals surface area contributed by atoms with Gasteiger partial charge in [-0.25, -0.2) is 0 Å². The van der Waals surface area contributed by atoms with Crippen LogP contribution in [0.4, 0.5) is 0 Å². The van der Waals surface area contributed by atoms with Gasteiger partial charge in [-0.15, -0.1) is 0 Å². The lowest BCUT2D eigenvalue weighted by Crippen LogP contribution is -2.44. The number of amides is 2. The van der Waals surface area contributed by atoms with Crippen LogP contribution in [0.5, 0.6) is 11.6 Å². The van der Waals surface area contributed by atoms with Crippen molar-refractivity contribution in [1.29, 1.82) is 0 Å². The van der Waals surface area contributed by atoms with E-state index in [1.54, 1.807) is 20.8 Å². The minimum Gasteiger partial charge on any atom is -0.506 e. The normalized spacial score (nSPS) is 11.2. The lowest BCUT2D eigenvalue weighted by molar-refractivity contribution is -0.135. The summed E-state index contributed by atoms with van der Waals surface area (Å²) in [5.74, 6) is -5.65. The molecule has 0 fully saturated rings. The van der Waals surface area contributed by atoms with Gasteiger partial charge in [-0.2, -0.15) is 0 Å². The summed E-state index contributed by atoms with van der Waals surface area (Å²) in [6.07, 6.45) is 0. The molecule has 1 aromatic heterocycles. The minimum absolute atomic E-state index is 0.148. The topological polar surface area (TPSA) is 158 Å². The maximum Gasteiger partial charge on any atom is 0.322 e. The molecular weight excluding hydrogens is 465 g/mol. The van der Waals surface area contributed by atoms with Crippen LogP contribution in [0.2, 0.25) is 10.0 Å². The van der Waals surface area contributed by atoms with Crippen molar-refractivity contribution in [2.75, 3.05) is 6.54 Å². The van der Waals surface area contributed by atoms with Crippen LogP contribution in [-0.4, -0.2) is 49.8 Å². The van der Waals surface area contributed by atoms with Gasteiger partial charge in [0, 0.05) is 15.6 Å². The first-order valence-corrected chi connectivity index (χ1v) is 9.93. The second-order valence-corrected chi connectivity index (χ2v) is 8.67. The smallest absolute Gasteiger partial charge is 0.322 e. The number of aliphatic carboxylic acids is 1. The molecule has 2 rings (SSSR count). The molecule has 12 heteroatoms. The summed E-state index contributed by atoms with van der Waals surface area (Å²) < 4.78 is 0.669. The van der Waals surface area contributed by atoms with Crippen LogP contribution < -0.4 is 16.2 Å². The predicted octanol–water partition coefficient (Wildman–Crippen LogP) is 1.96. The lowest BCUT2D eigenvalue weighted by Gasteiger charge is -2.22. The summed E-state index contributed by atoms with van der Waals surface area (Å²) in [5, 5.41) is 34.9. The second kappa shape index (κ2) is 9.49. The zero-order chi connectivity index (χ0) is 24.4. The summed E-state index contributed by atoms with van der Waals surface area (Å²) in [6.45, 7) is 3.69. The first-order valence-electron chi connectivity index (χ1n) is 9.18. The maximum atomic E-state index is 13.0. The zero-order valence-electron chi connectivity index (χ0n) is 17.3. The molecule has 0 saturated carbocycles. The van der Waals surface area contributed by atoms with Gasteiger partial charge in [-0.1, -0.05) is 29.3 Å². The Morgan fingerprint density at radius 2 is 1.69 bits per heavy atom. The highest BCUT2D eigenvalue weighted by Gasteiger charge is 2.31. The third-order valence-electron chi connectivity index (χ3n) is 4.10. The van der Waals surface area contributed by atoms with Crippen molar-refractivity contribution in [3.63, 3.8) is 0 Å². The molecule has 2 aromatic rings. The van der Waals surface area contributed by atoms with Crippen LogP contribution in [0.25, 0.3) is 0 Å². The van der Waals surface area contributed by atoms with Gasteiger partial charge >= 0.3 is 5.97 Å². The molecule has 2 amide bonds. The summed E-state index contributed by atoms with van der Waals surface area (Å²) in [6, 6.07) is 4.36. The molecular formula is C20H21Cl2N3O7. The van der Waals surface area contributed by atoms with Gasteiger partial charge in [-0.3, -0.25) is 23.7 Å². The largest absolute Gasteiger partial charge is 0.506 e. The Labute approximate surface area is 192 Å². The number of nitrogens with zero attached hydrogens (tertiary/aromatic N) is 1. The van der Waals surface area contributed by atoms with Gasteiger partial charge in [0.25, 0.3) is 17.4 Å². The number of hydrogen-bond acceptors (Lipinski definition) is 6. The highest BCUT2D eigenvalue weighted by atomic mass is 35.5. The van der Waals surface area contributed by atoms with Crippen molar-refractivity contribution in [3.8, 4) is 11.6 Å². The van der Waals surface area contributed by atoms with E-state index in [0.29, 0.717) is 15.2 Å². The zero-order valence-corrected chi connectivity index (χ0v) is 18.8. The Balaban J connectivity index is 2.73. The fourth-order valence-electron chi connectivity index (χ4n) is 2.73. The van der Waals surface area contributed by atoms with E-state index < -0.39 is 58.2 Å². The van der Waals surface area contributed by atoms with E-state index in [2.05, 4.69) is 5.32 Å². The van der Waals surface area contributed by atoms with Crippen molar-refractivity contribution in [2.24, 2.45) is 0 Å². The summed E-state index contributed by atoms with van der Waals surface area (Å²) in [4.78, 5) is 49.1. The number of rotatable bonds is 6. The Morgan fingerprint density at radius 1 is 1.06 bits per heavy atom. The molecule has 1 heterocycles. The number of carboxylic acid groups (broad SMARTS) is 1. The van der Waals surface area contributed by atoms with Crippen molar-refractivity contribution in [2.45, 2.75) is 32.9 Å². The maximum absolute atomic E-state index is 13.0. The standard InChI is InChI=1S/C20H21Cl2N3O7/c1-20(2,3)24-17(30)14-15(28)13(16(29)23-7-12(26)27)18(31)25(19(14)32)8-9-4-5-10(21)6-11(9)22/h4-6,28,31H,7-8H2,1-3H3,(H,23,29)(H,24,30)(H,26,27). The van der Waals surface area contributed by atoms with Gasteiger partial charge in [0.05, 0.1) is 6.54 Å². The average Bonchev–Trinajstić information content (AvgIpc) is 2.63. The Morgan fingerprint density at radius 3 is 2.22 bits per heavy atom. The van der Waals surface area contributed by atoms with Gasteiger partial charge in [-0.05, 0) is 38.5 Å². The van der Waals surface area contributed by atoms with Crippen LogP contribution in [0, 0.1) is 0 Å². The molecule has 0 aliphatic carbocycles. The molecule has 0 aliphatic heterocycles. The number of aromatic hydroxyl groups is 2. The lowest BCUT2D eigenvalue weighted by atomic mass is 10.1. The first-order chi connectivity index (χ1) is 14.7. The third kappa shape index (κ3) is 5.71.